The lowest BCUT2D eigenvalue weighted by molar-refractivity contribution is -0.137. The molecule has 2 amide bonds. The number of alkyl halides is 3. The molecule has 0 bridgehead atoms. The summed E-state index contributed by atoms with van der Waals surface area (Å²) >= 11 is 1.48. The number of thioether (sulfide) groups is 1. The number of halogens is 3. The standard InChI is InChI=1S/C31H42F3N3O4S2/c1-21(2)19-36(22(3)4)25-9-11-26(12-10-25)37(20-43(40,41)28-15-13-27(42-5)14-16-28)29(38)18-35-30(39)23-7-6-8-24(17-23)31(32,33)34/h6-8,13-17,21-22,25-26H,9-12,18-20H2,1-5H3,(H,35,39). The van der Waals surface area contributed by atoms with Crippen molar-refractivity contribution >= 4 is 33.4 Å². The third-order valence-electron chi connectivity index (χ3n) is 7.72. The molecule has 0 unspecified atom stereocenters. The molecule has 43 heavy (non-hydrogen) atoms. The van der Waals surface area contributed by atoms with Gasteiger partial charge in [-0.1, -0.05) is 19.9 Å². The van der Waals surface area contributed by atoms with Gasteiger partial charge in [0, 0.05) is 35.1 Å². The van der Waals surface area contributed by atoms with Crippen LogP contribution in [0.15, 0.2) is 58.3 Å². The Bertz CT molecular complexity index is 1340. The number of carbonyl (C=O) groups excluding carboxylic acids is 2. The van der Waals surface area contributed by atoms with Crippen LogP contribution in [-0.4, -0.2) is 73.4 Å². The number of hydrogen-bond donors (Lipinski definition) is 1. The van der Waals surface area contributed by atoms with E-state index in [0.717, 1.165) is 42.5 Å². The van der Waals surface area contributed by atoms with Gasteiger partial charge in [0.05, 0.1) is 17.0 Å². The first-order valence-corrected chi connectivity index (χ1v) is 17.4. The zero-order chi connectivity index (χ0) is 31.9. The Labute approximate surface area is 257 Å². The predicted molar refractivity (Wildman–Crippen MR) is 164 cm³/mol. The fraction of sp³-hybridized carbons (Fsp3) is 0.548. The summed E-state index contributed by atoms with van der Waals surface area (Å²) in [5.74, 6) is -1.52. The molecule has 1 aliphatic carbocycles. The van der Waals surface area contributed by atoms with Gasteiger partial charge in [-0.05, 0) is 94.2 Å². The van der Waals surface area contributed by atoms with Crippen LogP contribution >= 0.6 is 11.8 Å². The van der Waals surface area contributed by atoms with Crippen LogP contribution < -0.4 is 5.32 Å². The van der Waals surface area contributed by atoms with Gasteiger partial charge < -0.3 is 10.2 Å². The van der Waals surface area contributed by atoms with Gasteiger partial charge in [0.2, 0.25) is 5.91 Å². The fourth-order valence-corrected chi connectivity index (χ4v) is 7.35. The molecular formula is C31H42F3N3O4S2. The summed E-state index contributed by atoms with van der Waals surface area (Å²) < 4.78 is 66.3. The molecule has 7 nitrogen and oxygen atoms in total. The highest BCUT2D eigenvalue weighted by Gasteiger charge is 2.35. The van der Waals surface area contributed by atoms with E-state index in [4.69, 9.17) is 0 Å². The lowest BCUT2D eigenvalue weighted by Gasteiger charge is -2.42. The Hall–Kier alpha value is -2.57. The molecule has 0 heterocycles. The first-order valence-electron chi connectivity index (χ1n) is 14.5. The van der Waals surface area contributed by atoms with Gasteiger partial charge in [-0.25, -0.2) is 8.42 Å². The van der Waals surface area contributed by atoms with Crippen LogP contribution in [0.1, 0.15) is 69.3 Å². The highest BCUT2D eigenvalue weighted by molar-refractivity contribution is 7.98. The molecule has 0 radical (unpaired) electrons. The third kappa shape index (κ3) is 9.71. The number of hydrogen-bond acceptors (Lipinski definition) is 6. The van der Waals surface area contributed by atoms with Crippen molar-refractivity contribution in [3.63, 3.8) is 0 Å². The van der Waals surface area contributed by atoms with E-state index >= 15 is 0 Å². The van der Waals surface area contributed by atoms with E-state index < -0.39 is 45.8 Å². The number of rotatable bonds is 12. The van der Waals surface area contributed by atoms with E-state index in [1.807, 2.05) is 6.26 Å². The molecule has 1 N–H and O–H groups in total. The summed E-state index contributed by atoms with van der Waals surface area (Å²) in [7, 11) is -3.90. The topological polar surface area (TPSA) is 86.8 Å². The van der Waals surface area contributed by atoms with E-state index in [1.165, 1.54) is 34.9 Å². The van der Waals surface area contributed by atoms with E-state index in [2.05, 4.69) is 37.9 Å². The number of benzene rings is 2. The maximum atomic E-state index is 13.5. The SMILES string of the molecule is CSc1ccc(S(=O)(=O)CN(C(=O)CNC(=O)c2cccc(C(F)(F)F)c2)C2CCC(N(CC(C)C)C(C)C)CC2)cc1. The second kappa shape index (κ2) is 14.9. The maximum Gasteiger partial charge on any atom is 0.416 e. The fourth-order valence-electron chi connectivity index (χ4n) is 5.52. The molecular weight excluding hydrogens is 599 g/mol. The van der Waals surface area contributed by atoms with E-state index in [-0.39, 0.29) is 16.5 Å². The lowest BCUT2D eigenvalue weighted by atomic mass is 9.88. The second-order valence-corrected chi connectivity index (χ2v) is 14.5. The van der Waals surface area contributed by atoms with Crippen LogP contribution in [0, 0.1) is 5.92 Å². The normalized spacial score (nSPS) is 17.8. The largest absolute Gasteiger partial charge is 0.416 e. The maximum absolute atomic E-state index is 13.5. The Morgan fingerprint density at radius 1 is 0.977 bits per heavy atom. The average Bonchev–Trinajstić information content (AvgIpc) is 2.97. The summed E-state index contributed by atoms with van der Waals surface area (Å²) in [6.45, 7) is 9.06. The molecule has 2 aromatic rings. The zero-order valence-corrected chi connectivity index (χ0v) is 27.0. The smallest absolute Gasteiger partial charge is 0.343 e. The Morgan fingerprint density at radius 2 is 1.58 bits per heavy atom. The Balaban J connectivity index is 1.79. The Kier molecular flexibility index (Phi) is 12.1. The highest BCUT2D eigenvalue weighted by atomic mass is 32.2. The van der Waals surface area contributed by atoms with Crippen LogP contribution in [0.2, 0.25) is 0 Å². The Morgan fingerprint density at radius 3 is 2.12 bits per heavy atom. The second-order valence-electron chi connectivity index (χ2n) is 11.7. The number of carbonyl (C=O) groups is 2. The number of amides is 2. The van der Waals surface area contributed by atoms with Crippen molar-refractivity contribution in [3.8, 4) is 0 Å². The minimum absolute atomic E-state index is 0.0905. The molecule has 1 fully saturated rings. The molecule has 3 rings (SSSR count). The third-order valence-corrected chi connectivity index (χ3v) is 10.1. The number of sulfone groups is 1. The van der Waals surface area contributed by atoms with Crippen molar-refractivity contribution in [2.45, 2.75) is 87.5 Å². The van der Waals surface area contributed by atoms with Gasteiger partial charge in [0.25, 0.3) is 5.91 Å². The monoisotopic (exact) mass is 641 g/mol. The van der Waals surface area contributed by atoms with E-state index in [9.17, 15) is 31.2 Å². The summed E-state index contributed by atoms with van der Waals surface area (Å²) in [5.41, 5.74) is -1.22. The molecule has 12 heteroatoms. The average molecular weight is 642 g/mol. The van der Waals surface area contributed by atoms with Gasteiger partial charge in [0.1, 0.15) is 5.88 Å². The van der Waals surface area contributed by atoms with Crippen molar-refractivity contribution in [2.24, 2.45) is 5.92 Å². The summed E-state index contributed by atoms with van der Waals surface area (Å²) in [4.78, 5) is 31.0. The molecule has 1 aliphatic rings. The van der Waals surface area contributed by atoms with Gasteiger partial charge in [-0.2, -0.15) is 13.2 Å². The number of nitrogens with one attached hydrogen (secondary N) is 1. The quantitative estimate of drug-likeness (QED) is 0.282. The molecule has 0 atom stereocenters. The highest BCUT2D eigenvalue weighted by Crippen LogP contribution is 2.31. The van der Waals surface area contributed by atoms with Crippen LogP contribution in [0.5, 0.6) is 0 Å². The van der Waals surface area contributed by atoms with Crippen LogP contribution in [0.3, 0.4) is 0 Å². The minimum atomic E-state index is -4.62. The summed E-state index contributed by atoms with van der Waals surface area (Å²) in [6, 6.07) is 10.7. The van der Waals surface area contributed by atoms with E-state index in [0.29, 0.717) is 30.8 Å². The van der Waals surface area contributed by atoms with Crippen LogP contribution in [0.4, 0.5) is 13.2 Å². The zero-order valence-electron chi connectivity index (χ0n) is 25.4. The molecule has 0 aliphatic heterocycles. The number of nitrogens with zero attached hydrogens (tertiary/aromatic N) is 2. The predicted octanol–water partition coefficient (Wildman–Crippen LogP) is 6.09. The molecule has 0 saturated heterocycles. The molecule has 0 spiro atoms. The van der Waals surface area contributed by atoms with Crippen molar-refractivity contribution < 1.29 is 31.2 Å². The van der Waals surface area contributed by atoms with Crippen LogP contribution in [-0.2, 0) is 20.8 Å². The van der Waals surface area contributed by atoms with Crippen molar-refractivity contribution in [1.82, 2.24) is 15.1 Å². The van der Waals surface area contributed by atoms with Crippen molar-refractivity contribution in [1.29, 1.82) is 0 Å². The van der Waals surface area contributed by atoms with Gasteiger partial charge in [-0.3, -0.25) is 14.5 Å². The van der Waals surface area contributed by atoms with E-state index in [1.54, 1.807) is 12.1 Å². The van der Waals surface area contributed by atoms with Crippen molar-refractivity contribution in [2.75, 3.05) is 25.2 Å². The van der Waals surface area contributed by atoms with Crippen molar-refractivity contribution in [3.05, 3.63) is 59.7 Å². The molecule has 238 valence electrons. The summed E-state index contributed by atoms with van der Waals surface area (Å²) in [5, 5.41) is 2.40. The molecule has 2 aromatic carbocycles. The minimum Gasteiger partial charge on any atom is -0.343 e. The summed E-state index contributed by atoms with van der Waals surface area (Å²) in [6.07, 6.45) is 0.0389. The molecule has 1 saturated carbocycles. The van der Waals surface area contributed by atoms with Crippen LogP contribution in [0.25, 0.3) is 0 Å². The van der Waals surface area contributed by atoms with Gasteiger partial charge in [0.15, 0.2) is 9.84 Å². The van der Waals surface area contributed by atoms with Gasteiger partial charge in [-0.15, -0.1) is 11.8 Å². The first-order chi connectivity index (χ1) is 20.1. The molecule has 0 aromatic heterocycles. The lowest BCUT2D eigenvalue weighted by Crippen LogP contribution is -2.51. The van der Waals surface area contributed by atoms with Gasteiger partial charge >= 0.3 is 6.18 Å². The first kappa shape index (κ1) is 34.9.